The topological polar surface area (TPSA) is 96.7 Å². The summed E-state index contributed by atoms with van der Waals surface area (Å²) >= 11 is 0. The summed E-state index contributed by atoms with van der Waals surface area (Å²) in [5.41, 5.74) is 5.59. The highest BCUT2D eigenvalue weighted by atomic mass is 35.5. The van der Waals surface area contributed by atoms with Gasteiger partial charge in [-0.2, -0.15) is 5.26 Å². The van der Waals surface area contributed by atoms with Gasteiger partial charge in [-0.05, 0) is 24.6 Å². The van der Waals surface area contributed by atoms with Crippen LogP contribution in [0.5, 0.6) is 0 Å². The number of carbonyl (C=O) groups is 1. The molecule has 0 aliphatic heterocycles. The number of carbonyl (C=O) groups excluding carboxylic acids is 1. The molecule has 1 aromatic heterocycles. The third-order valence-electron chi connectivity index (χ3n) is 3.76. The van der Waals surface area contributed by atoms with Crippen molar-refractivity contribution in [2.75, 3.05) is 6.54 Å². The van der Waals surface area contributed by atoms with Crippen molar-refractivity contribution in [1.82, 2.24) is 14.9 Å². The molecule has 2 aromatic rings. The van der Waals surface area contributed by atoms with Crippen molar-refractivity contribution >= 4 is 30.7 Å². The van der Waals surface area contributed by atoms with Crippen LogP contribution in [0.15, 0.2) is 30.7 Å². The SMILES string of the molecule is Cl.Cl.Cn1cncc1C(C)(NC(=O)CCN)c1ccc(C#N)c(F)c1. The Kier molecular flexibility index (Phi) is 8.57. The fraction of sp³-hybridized carbons (Fsp3) is 0.312. The normalized spacial score (nSPS) is 12.1. The van der Waals surface area contributed by atoms with E-state index in [0.717, 1.165) is 0 Å². The minimum atomic E-state index is -0.994. The van der Waals surface area contributed by atoms with E-state index in [1.807, 2.05) is 0 Å². The van der Waals surface area contributed by atoms with Crippen molar-refractivity contribution in [3.05, 3.63) is 53.4 Å². The van der Waals surface area contributed by atoms with E-state index in [2.05, 4.69) is 10.3 Å². The summed E-state index contributed by atoms with van der Waals surface area (Å²) in [6.07, 6.45) is 3.37. The van der Waals surface area contributed by atoms with E-state index in [9.17, 15) is 9.18 Å². The molecule has 0 radical (unpaired) electrons. The zero-order valence-corrected chi connectivity index (χ0v) is 15.5. The highest BCUT2D eigenvalue weighted by Crippen LogP contribution is 2.30. The van der Waals surface area contributed by atoms with Gasteiger partial charge in [-0.3, -0.25) is 4.79 Å². The van der Waals surface area contributed by atoms with Crippen LogP contribution >= 0.6 is 24.8 Å². The number of benzene rings is 1. The first-order valence-corrected chi connectivity index (χ1v) is 7.10. The van der Waals surface area contributed by atoms with Crippen molar-refractivity contribution in [2.24, 2.45) is 12.8 Å². The van der Waals surface area contributed by atoms with Crippen molar-refractivity contribution in [3.63, 3.8) is 0 Å². The minimum Gasteiger partial charge on any atom is -0.341 e. The van der Waals surface area contributed by atoms with Gasteiger partial charge < -0.3 is 15.6 Å². The van der Waals surface area contributed by atoms with Gasteiger partial charge in [0.05, 0.1) is 23.8 Å². The molecule has 136 valence electrons. The number of nitrogens with one attached hydrogen (secondary N) is 1. The number of nitriles is 1. The fourth-order valence-corrected chi connectivity index (χ4v) is 2.51. The number of hydrogen-bond donors (Lipinski definition) is 2. The van der Waals surface area contributed by atoms with Gasteiger partial charge >= 0.3 is 0 Å². The monoisotopic (exact) mass is 387 g/mol. The quantitative estimate of drug-likeness (QED) is 0.819. The maximum Gasteiger partial charge on any atom is 0.222 e. The molecule has 1 unspecified atom stereocenters. The van der Waals surface area contributed by atoms with Crippen LogP contribution in [-0.2, 0) is 17.4 Å². The average molecular weight is 388 g/mol. The van der Waals surface area contributed by atoms with E-state index in [1.165, 1.54) is 12.1 Å². The van der Waals surface area contributed by atoms with E-state index in [1.54, 1.807) is 43.2 Å². The summed E-state index contributed by atoms with van der Waals surface area (Å²) < 4.78 is 15.8. The van der Waals surface area contributed by atoms with Crippen molar-refractivity contribution in [1.29, 1.82) is 5.26 Å². The van der Waals surface area contributed by atoms with Crippen LogP contribution in [-0.4, -0.2) is 22.0 Å². The predicted octanol–water partition coefficient (Wildman–Crippen LogP) is 2.00. The van der Waals surface area contributed by atoms with Gasteiger partial charge in [0.15, 0.2) is 0 Å². The van der Waals surface area contributed by atoms with Gasteiger partial charge in [0.25, 0.3) is 0 Å². The maximum absolute atomic E-state index is 14.0. The summed E-state index contributed by atoms with van der Waals surface area (Å²) in [7, 11) is 1.79. The summed E-state index contributed by atoms with van der Waals surface area (Å²) in [5, 5.41) is 11.8. The smallest absolute Gasteiger partial charge is 0.222 e. The molecule has 3 N–H and O–H groups in total. The zero-order chi connectivity index (χ0) is 17.0. The molecule has 1 aromatic carbocycles. The van der Waals surface area contributed by atoms with E-state index in [-0.39, 0.29) is 49.3 Å². The lowest BCUT2D eigenvalue weighted by molar-refractivity contribution is -0.122. The van der Waals surface area contributed by atoms with Gasteiger partial charge in [-0.1, -0.05) is 6.07 Å². The predicted molar refractivity (Wildman–Crippen MR) is 97.1 cm³/mol. The van der Waals surface area contributed by atoms with Crippen molar-refractivity contribution in [3.8, 4) is 6.07 Å². The summed E-state index contributed by atoms with van der Waals surface area (Å²) in [4.78, 5) is 16.1. The molecule has 0 aliphatic rings. The second kappa shape index (κ2) is 9.37. The third-order valence-corrected chi connectivity index (χ3v) is 3.76. The Morgan fingerprint density at radius 1 is 1.48 bits per heavy atom. The Bertz CT molecular complexity index is 774. The number of rotatable bonds is 5. The Balaban J connectivity index is 0.00000288. The van der Waals surface area contributed by atoms with Crippen molar-refractivity contribution < 1.29 is 9.18 Å². The molecule has 0 fully saturated rings. The molecule has 25 heavy (non-hydrogen) atoms. The van der Waals surface area contributed by atoms with E-state index < -0.39 is 11.4 Å². The van der Waals surface area contributed by atoms with Gasteiger partial charge in [-0.15, -0.1) is 24.8 Å². The van der Waals surface area contributed by atoms with E-state index in [0.29, 0.717) is 11.3 Å². The molecule has 1 amide bonds. The number of aryl methyl sites for hydroxylation is 1. The Morgan fingerprint density at radius 3 is 2.64 bits per heavy atom. The molecule has 0 bridgehead atoms. The molecule has 1 atom stereocenters. The number of aromatic nitrogens is 2. The first-order valence-electron chi connectivity index (χ1n) is 7.10. The van der Waals surface area contributed by atoms with Crippen LogP contribution in [0.25, 0.3) is 0 Å². The first kappa shape index (κ1) is 22.9. The van der Waals surface area contributed by atoms with Crippen LogP contribution in [0.2, 0.25) is 0 Å². The second-order valence-electron chi connectivity index (χ2n) is 5.41. The Morgan fingerprint density at radius 2 is 2.16 bits per heavy atom. The molecule has 0 saturated carbocycles. The summed E-state index contributed by atoms with van der Waals surface area (Å²) in [6, 6.07) is 6.06. The molecule has 2 rings (SSSR count). The lowest BCUT2D eigenvalue weighted by Gasteiger charge is -2.32. The molecule has 9 heteroatoms. The van der Waals surface area contributed by atoms with Crippen LogP contribution in [0.4, 0.5) is 4.39 Å². The fourth-order valence-electron chi connectivity index (χ4n) is 2.51. The first-order chi connectivity index (χ1) is 10.9. The van der Waals surface area contributed by atoms with Crippen LogP contribution in [0, 0.1) is 17.1 Å². The average Bonchev–Trinajstić information content (AvgIpc) is 2.94. The minimum absolute atomic E-state index is 0. The standard InChI is InChI=1S/C16H18FN5O.2ClH/c1-16(21-15(23)5-6-18,14-9-20-10-22(14)2)12-4-3-11(8-19)13(17)7-12;;/h3-4,7,9-10H,5-6,18H2,1-2H3,(H,21,23);2*1H. The molecule has 0 saturated heterocycles. The highest BCUT2D eigenvalue weighted by Gasteiger charge is 2.33. The van der Waals surface area contributed by atoms with Crippen LogP contribution in [0.1, 0.15) is 30.2 Å². The molecule has 1 heterocycles. The number of halogens is 3. The van der Waals surface area contributed by atoms with E-state index in [4.69, 9.17) is 11.0 Å². The number of amides is 1. The molecule has 0 spiro atoms. The zero-order valence-electron chi connectivity index (χ0n) is 13.8. The summed E-state index contributed by atoms with van der Waals surface area (Å²) in [6.45, 7) is 1.98. The summed E-state index contributed by atoms with van der Waals surface area (Å²) in [5.74, 6) is -0.882. The van der Waals surface area contributed by atoms with Gasteiger partial charge in [0.1, 0.15) is 17.4 Å². The number of hydrogen-bond acceptors (Lipinski definition) is 4. The number of nitrogens with zero attached hydrogens (tertiary/aromatic N) is 3. The number of imidazole rings is 1. The third kappa shape index (κ3) is 4.69. The lowest BCUT2D eigenvalue weighted by atomic mass is 9.87. The molecule has 6 nitrogen and oxygen atoms in total. The highest BCUT2D eigenvalue weighted by molar-refractivity contribution is 5.85. The molecule has 0 aliphatic carbocycles. The largest absolute Gasteiger partial charge is 0.341 e. The number of nitrogens with two attached hydrogens (primary N) is 1. The van der Waals surface area contributed by atoms with Crippen LogP contribution in [0.3, 0.4) is 0 Å². The van der Waals surface area contributed by atoms with Crippen LogP contribution < -0.4 is 11.1 Å². The Hall–Kier alpha value is -2.14. The molecular weight excluding hydrogens is 368 g/mol. The van der Waals surface area contributed by atoms with Crippen molar-refractivity contribution in [2.45, 2.75) is 18.9 Å². The van der Waals surface area contributed by atoms with Gasteiger partial charge in [0.2, 0.25) is 5.91 Å². The Labute approximate surface area is 158 Å². The van der Waals surface area contributed by atoms with E-state index >= 15 is 0 Å². The maximum atomic E-state index is 14.0. The van der Waals surface area contributed by atoms with Gasteiger partial charge in [0, 0.05) is 20.0 Å². The second-order valence-corrected chi connectivity index (χ2v) is 5.41. The van der Waals surface area contributed by atoms with Gasteiger partial charge in [-0.25, -0.2) is 9.37 Å². The lowest BCUT2D eigenvalue weighted by Crippen LogP contribution is -2.46. The molecular formula is C16H20Cl2FN5O.